The van der Waals surface area contributed by atoms with Crippen molar-refractivity contribution >= 4 is 11.9 Å². The third kappa shape index (κ3) is 3.50. The molecular weight excluding hydrogens is 352 g/mol. The Hall–Kier alpha value is -1.06. The number of hydrogen-bond donors (Lipinski definition) is 0. The molecule has 0 amide bonds. The Kier molecular flexibility index (Phi) is 5.52. The van der Waals surface area contributed by atoms with E-state index in [0.29, 0.717) is 16.7 Å². The van der Waals surface area contributed by atoms with Gasteiger partial charge in [0.2, 0.25) is 0 Å². The molecule has 0 unspecified atom stereocenters. The summed E-state index contributed by atoms with van der Waals surface area (Å²) in [6.07, 6.45) is 13.4. The highest BCUT2D eigenvalue weighted by molar-refractivity contribution is 5.77. The average molecular weight is 391 g/mol. The zero-order valence-electron chi connectivity index (χ0n) is 18.0. The summed E-state index contributed by atoms with van der Waals surface area (Å²) in [5.41, 5.74) is 1.05. The number of hydrogen-bond acceptors (Lipinski definition) is 4. The maximum absolute atomic E-state index is 12.1. The number of methoxy groups -OCH3 is 1. The molecule has 4 saturated carbocycles. The Balaban J connectivity index is 1.37. The van der Waals surface area contributed by atoms with Gasteiger partial charge in [0.05, 0.1) is 20.0 Å². The van der Waals surface area contributed by atoms with Crippen molar-refractivity contribution in [2.45, 2.75) is 97.0 Å². The minimum Gasteiger partial charge on any atom is -0.469 e. The lowest BCUT2D eigenvalue weighted by Gasteiger charge is -2.60. The molecule has 4 heteroatoms. The molecule has 0 saturated heterocycles. The Labute approximate surface area is 170 Å². The zero-order chi connectivity index (χ0) is 19.9. The first kappa shape index (κ1) is 20.2. The molecular formula is C24H38O4. The van der Waals surface area contributed by atoms with Crippen molar-refractivity contribution in [3.63, 3.8) is 0 Å². The summed E-state index contributed by atoms with van der Waals surface area (Å²) >= 11 is 0. The second-order valence-corrected chi connectivity index (χ2v) is 10.7. The summed E-state index contributed by atoms with van der Waals surface area (Å²) < 4.78 is 10.4. The minimum absolute atomic E-state index is 0.0418. The number of fused-ring (bicyclic) bond motifs is 5. The minimum atomic E-state index is -0.345. The summed E-state index contributed by atoms with van der Waals surface area (Å²) in [5, 5.41) is 0. The van der Waals surface area contributed by atoms with E-state index in [-0.39, 0.29) is 30.9 Å². The topological polar surface area (TPSA) is 52.6 Å². The molecule has 0 radical (unpaired) electrons. The lowest BCUT2D eigenvalue weighted by atomic mass is 9.45. The fraction of sp³-hybridized carbons (Fsp3) is 0.917. The molecule has 0 N–H and O–H groups in total. The van der Waals surface area contributed by atoms with Gasteiger partial charge in [-0.1, -0.05) is 20.3 Å². The average Bonchev–Trinajstić information content (AvgIpc) is 3.08. The Morgan fingerprint density at radius 2 is 1.68 bits per heavy atom. The molecule has 0 spiro atoms. The molecule has 7 atom stereocenters. The lowest BCUT2D eigenvalue weighted by molar-refractivity contribution is -0.163. The van der Waals surface area contributed by atoms with Crippen molar-refractivity contribution < 1.29 is 19.1 Å². The van der Waals surface area contributed by atoms with Crippen LogP contribution in [0.1, 0.15) is 90.9 Å². The molecule has 0 heterocycles. The van der Waals surface area contributed by atoms with Gasteiger partial charge < -0.3 is 9.47 Å². The van der Waals surface area contributed by atoms with Crippen molar-refractivity contribution in [3.8, 4) is 0 Å². The van der Waals surface area contributed by atoms with Crippen LogP contribution in [0.3, 0.4) is 0 Å². The maximum Gasteiger partial charge on any atom is 0.306 e. The summed E-state index contributed by atoms with van der Waals surface area (Å²) in [6.45, 7) is 5.13. The molecule has 4 aliphatic rings. The van der Waals surface area contributed by atoms with E-state index in [2.05, 4.69) is 18.6 Å². The number of rotatable bonds is 4. The normalized spacial score (nSPS) is 44.8. The van der Waals surface area contributed by atoms with E-state index in [0.717, 1.165) is 30.6 Å². The van der Waals surface area contributed by atoms with E-state index in [1.807, 2.05) is 0 Å². The molecule has 4 fully saturated rings. The predicted molar refractivity (Wildman–Crippen MR) is 107 cm³/mol. The van der Waals surface area contributed by atoms with Crippen LogP contribution in [-0.4, -0.2) is 25.2 Å². The number of carbonyl (C=O) groups is 2. The van der Waals surface area contributed by atoms with Crippen LogP contribution in [0, 0.1) is 34.5 Å². The summed E-state index contributed by atoms with van der Waals surface area (Å²) in [4.78, 5) is 23.4. The largest absolute Gasteiger partial charge is 0.469 e. The number of carbonyl (C=O) groups excluding carboxylic acids is 2. The van der Waals surface area contributed by atoms with E-state index < -0.39 is 0 Å². The third-order valence-electron chi connectivity index (χ3n) is 9.46. The van der Waals surface area contributed by atoms with Crippen LogP contribution in [0.25, 0.3) is 0 Å². The maximum atomic E-state index is 12.1. The zero-order valence-corrected chi connectivity index (χ0v) is 18.0. The number of ether oxygens (including phenoxy) is 2. The van der Waals surface area contributed by atoms with Crippen LogP contribution >= 0.6 is 0 Å². The smallest absolute Gasteiger partial charge is 0.306 e. The second-order valence-electron chi connectivity index (χ2n) is 10.7. The van der Waals surface area contributed by atoms with Crippen LogP contribution < -0.4 is 0 Å². The van der Waals surface area contributed by atoms with Gasteiger partial charge in [0.25, 0.3) is 0 Å². The monoisotopic (exact) mass is 390 g/mol. The molecule has 4 rings (SSSR count). The van der Waals surface area contributed by atoms with Gasteiger partial charge in [-0.2, -0.15) is 0 Å². The van der Waals surface area contributed by atoms with E-state index in [9.17, 15) is 9.59 Å². The van der Waals surface area contributed by atoms with Crippen LogP contribution in [0.2, 0.25) is 0 Å². The lowest BCUT2D eigenvalue weighted by Crippen LogP contribution is -2.53. The Morgan fingerprint density at radius 3 is 2.46 bits per heavy atom. The standard InChI is InChI=1S/C24H38O4/c1-23-12-4-5-19(23)18-7-6-16-15-17(28-22(26)9-8-21(25)27-3)10-14-24(16,2)20(18)11-13-23/h16-20H,4-15H2,1-3H3/t16-,17+,18+,19+,20+,23-,24-/m0/s1. The molecule has 4 aliphatic carbocycles. The highest BCUT2D eigenvalue weighted by atomic mass is 16.5. The van der Waals surface area contributed by atoms with Crippen LogP contribution in [0.5, 0.6) is 0 Å². The first-order valence-electron chi connectivity index (χ1n) is 11.6. The van der Waals surface area contributed by atoms with Crippen LogP contribution in [-0.2, 0) is 19.1 Å². The molecule has 0 aromatic rings. The van der Waals surface area contributed by atoms with E-state index in [1.165, 1.54) is 58.5 Å². The molecule has 0 aromatic heterocycles. The Morgan fingerprint density at radius 1 is 0.893 bits per heavy atom. The van der Waals surface area contributed by atoms with Gasteiger partial charge >= 0.3 is 11.9 Å². The first-order valence-corrected chi connectivity index (χ1v) is 11.6. The van der Waals surface area contributed by atoms with Crippen LogP contribution in [0.15, 0.2) is 0 Å². The van der Waals surface area contributed by atoms with E-state index in [4.69, 9.17) is 4.74 Å². The first-order chi connectivity index (χ1) is 13.4. The molecule has 158 valence electrons. The third-order valence-corrected chi connectivity index (χ3v) is 9.46. The fourth-order valence-electron chi connectivity index (χ4n) is 7.87. The SMILES string of the molecule is COC(=O)CCC(=O)O[C@@H]1CC[C@@]2(C)[C@@H](CC[C@@H]3[C@H]4CCC[C@@]4(C)CC[C@H]32)C1. The molecule has 0 aromatic carbocycles. The van der Waals surface area contributed by atoms with E-state index in [1.54, 1.807) is 0 Å². The Bertz CT molecular complexity index is 616. The van der Waals surface area contributed by atoms with Gasteiger partial charge in [-0.15, -0.1) is 0 Å². The number of esters is 2. The van der Waals surface area contributed by atoms with E-state index >= 15 is 0 Å². The van der Waals surface area contributed by atoms with Crippen LogP contribution in [0.4, 0.5) is 0 Å². The predicted octanol–water partition coefficient (Wildman–Crippen LogP) is 5.28. The van der Waals surface area contributed by atoms with Gasteiger partial charge in [0.1, 0.15) is 6.10 Å². The van der Waals surface area contributed by atoms with Crippen molar-refractivity contribution in [2.75, 3.05) is 7.11 Å². The molecule has 28 heavy (non-hydrogen) atoms. The van der Waals surface area contributed by atoms with Gasteiger partial charge in [0, 0.05) is 0 Å². The fourth-order valence-corrected chi connectivity index (χ4v) is 7.87. The quantitative estimate of drug-likeness (QED) is 0.613. The second kappa shape index (κ2) is 7.65. The highest BCUT2D eigenvalue weighted by Crippen LogP contribution is 2.66. The van der Waals surface area contributed by atoms with Crippen molar-refractivity contribution in [1.29, 1.82) is 0 Å². The van der Waals surface area contributed by atoms with Gasteiger partial charge in [-0.3, -0.25) is 9.59 Å². The van der Waals surface area contributed by atoms with Gasteiger partial charge in [-0.25, -0.2) is 0 Å². The highest BCUT2D eigenvalue weighted by Gasteiger charge is 2.58. The van der Waals surface area contributed by atoms with Gasteiger partial charge in [0.15, 0.2) is 0 Å². The van der Waals surface area contributed by atoms with Gasteiger partial charge in [-0.05, 0) is 92.3 Å². The summed E-state index contributed by atoms with van der Waals surface area (Å²) in [6, 6.07) is 0. The van der Waals surface area contributed by atoms with Crippen molar-refractivity contribution in [3.05, 3.63) is 0 Å². The van der Waals surface area contributed by atoms with Crippen molar-refractivity contribution in [1.82, 2.24) is 0 Å². The van der Waals surface area contributed by atoms with Crippen molar-refractivity contribution in [2.24, 2.45) is 34.5 Å². The summed E-state index contributed by atoms with van der Waals surface area (Å²) in [7, 11) is 1.35. The summed E-state index contributed by atoms with van der Waals surface area (Å²) in [5.74, 6) is 2.86. The molecule has 0 aliphatic heterocycles. The molecule has 4 nitrogen and oxygen atoms in total. The molecule has 0 bridgehead atoms.